The predicted octanol–water partition coefficient (Wildman–Crippen LogP) is 4.50. The van der Waals surface area contributed by atoms with Gasteiger partial charge in [0.15, 0.2) is 11.5 Å². The van der Waals surface area contributed by atoms with Gasteiger partial charge in [-0.05, 0) is 25.5 Å². The van der Waals surface area contributed by atoms with Crippen molar-refractivity contribution in [3.63, 3.8) is 0 Å². The Morgan fingerprint density at radius 3 is 2.67 bits per heavy atom. The van der Waals surface area contributed by atoms with Crippen molar-refractivity contribution < 1.29 is 9.47 Å². The number of nitriles is 1. The molecule has 0 aliphatic carbocycles. The van der Waals surface area contributed by atoms with Crippen LogP contribution in [-0.4, -0.2) is 6.61 Å². The standard InChI is InChI=1S/C17H16ClNO2/c1-3-20-16-9-14(10-19)8-15(18)17(16)21-11-13-6-4-5-12(2)7-13/h4-9H,3,11H2,1-2H3. The molecule has 0 aromatic heterocycles. The molecule has 0 saturated heterocycles. The van der Waals surface area contributed by atoms with E-state index in [0.29, 0.717) is 35.3 Å². The van der Waals surface area contributed by atoms with Crippen molar-refractivity contribution in [2.45, 2.75) is 20.5 Å². The van der Waals surface area contributed by atoms with Gasteiger partial charge in [-0.25, -0.2) is 0 Å². The first-order valence-electron chi connectivity index (χ1n) is 6.68. The molecule has 0 amide bonds. The second-order valence-corrected chi connectivity index (χ2v) is 5.02. The summed E-state index contributed by atoms with van der Waals surface area (Å²) in [5.41, 5.74) is 2.68. The predicted molar refractivity (Wildman–Crippen MR) is 82.8 cm³/mol. The van der Waals surface area contributed by atoms with E-state index < -0.39 is 0 Å². The van der Waals surface area contributed by atoms with Crippen LogP contribution in [0.1, 0.15) is 23.6 Å². The highest BCUT2D eigenvalue weighted by molar-refractivity contribution is 6.32. The van der Waals surface area contributed by atoms with Crippen LogP contribution in [0.2, 0.25) is 5.02 Å². The SMILES string of the molecule is CCOc1cc(C#N)cc(Cl)c1OCc1cccc(C)c1. The Morgan fingerprint density at radius 1 is 1.19 bits per heavy atom. The number of hydrogen-bond donors (Lipinski definition) is 0. The minimum absolute atomic E-state index is 0.380. The number of halogens is 1. The van der Waals surface area contributed by atoms with Gasteiger partial charge in [-0.3, -0.25) is 0 Å². The molecule has 2 rings (SSSR count). The van der Waals surface area contributed by atoms with Crippen molar-refractivity contribution in [1.82, 2.24) is 0 Å². The monoisotopic (exact) mass is 301 g/mol. The molecule has 108 valence electrons. The Morgan fingerprint density at radius 2 is 2.00 bits per heavy atom. The highest BCUT2D eigenvalue weighted by atomic mass is 35.5. The maximum atomic E-state index is 8.98. The highest BCUT2D eigenvalue weighted by Gasteiger charge is 2.13. The van der Waals surface area contributed by atoms with E-state index in [2.05, 4.69) is 12.1 Å². The normalized spacial score (nSPS) is 10.0. The molecular formula is C17H16ClNO2. The summed E-state index contributed by atoms with van der Waals surface area (Å²) in [6, 6.07) is 13.3. The van der Waals surface area contributed by atoms with Crippen LogP contribution in [0.15, 0.2) is 36.4 Å². The number of nitrogens with zero attached hydrogens (tertiary/aromatic N) is 1. The average Bonchev–Trinajstić information content (AvgIpc) is 2.46. The minimum atomic E-state index is 0.380. The van der Waals surface area contributed by atoms with Gasteiger partial charge in [0.1, 0.15) is 6.61 Å². The van der Waals surface area contributed by atoms with Crippen LogP contribution < -0.4 is 9.47 Å². The Balaban J connectivity index is 2.24. The summed E-state index contributed by atoms with van der Waals surface area (Å²) in [5, 5.41) is 9.36. The van der Waals surface area contributed by atoms with Gasteiger partial charge in [0.25, 0.3) is 0 Å². The molecule has 0 aliphatic rings. The van der Waals surface area contributed by atoms with Gasteiger partial charge in [-0.15, -0.1) is 0 Å². The third-order valence-corrected chi connectivity index (χ3v) is 3.18. The molecule has 21 heavy (non-hydrogen) atoms. The van der Waals surface area contributed by atoms with Crippen molar-refractivity contribution in [2.75, 3.05) is 6.61 Å². The summed E-state index contributed by atoms with van der Waals surface area (Å²) in [7, 11) is 0. The Bertz CT molecular complexity index is 677. The summed E-state index contributed by atoms with van der Waals surface area (Å²) in [5.74, 6) is 0.966. The van der Waals surface area contributed by atoms with E-state index >= 15 is 0 Å². The quantitative estimate of drug-likeness (QED) is 0.816. The lowest BCUT2D eigenvalue weighted by Crippen LogP contribution is -2.01. The fourth-order valence-corrected chi connectivity index (χ4v) is 2.26. The van der Waals surface area contributed by atoms with E-state index in [-0.39, 0.29) is 0 Å². The van der Waals surface area contributed by atoms with Crippen LogP contribution >= 0.6 is 11.6 Å². The molecule has 4 heteroatoms. The lowest BCUT2D eigenvalue weighted by atomic mass is 10.1. The first-order chi connectivity index (χ1) is 10.1. The molecule has 0 radical (unpaired) electrons. The van der Waals surface area contributed by atoms with E-state index in [1.807, 2.05) is 32.0 Å². The zero-order chi connectivity index (χ0) is 15.2. The number of hydrogen-bond acceptors (Lipinski definition) is 3. The molecule has 0 unspecified atom stereocenters. The van der Waals surface area contributed by atoms with Gasteiger partial charge in [-0.2, -0.15) is 5.26 Å². The zero-order valence-corrected chi connectivity index (χ0v) is 12.8. The van der Waals surface area contributed by atoms with Gasteiger partial charge < -0.3 is 9.47 Å². The largest absolute Gasteiger partial charge is 0.490 e. The summed E-state index contributed by atoms with van der Waals surface area (Å²) in [4.78, 5) is 0. The molecule has 0 fully saturated rings. The molecule has 0 bridgehead atoms. The van der Waals surface area contributed by atoms with Gasteiger partial charge >= 0.3 is 0 Å². The Hall–Kier alpha value is -2.18. The molecule has 2 aromatic rings. The molecule has 3 nitrogen and oxygen atoms in total. The summed E-state index contributed by atoms with van der Waals surface area (Å²) in [6.07, 6.45) is 0. The van der Waals surface area contributed by atoms with Crippen LogP contribution in [0.3, 0.4) is 0 Å². The summed E-state index contributed by atoms with van der Waals surface area (Å²) >= 11 is 6.19. The first kappa shape index (κ1) is 15.2. The highest BCUT2D eigenvalue weighted by Crippen LogP contribution is 2.37. The van der Waals surface area contributed by atoms with Crippen molar-refractivity contribution in [3.8, 4) is 17.6 Å². The van der Waals surface area contributed by atoms with Gasteiger partial charge in [0.2, 0.25) is 0 Å². The topological polar surface area (TPSA) is 42.2 Å². The third kappa shape index (κ3) is 3.90. The lowest BCUT2D eigenvalue weighted by molar-refractivity contribution is 0.269. The molecule has 0 saturated carbocycles. The van der Waals surface area contributed by atoms with Crippen molar-refractivity contribution in [2.24, 2.45) is 0 Å². The third-order valence-electron chi connectivity index (χ3n) is 2.90. The van der Waals surface area contributed by atoms with Crippen molar-refractivity contribution in [3.05, 3.63) is 58.1 Å². The van der Waals surface area contributed by atoms with E-state index in [1.54, 1.807) is 12.1 Å². The maximum absolute atomic E-state index is 8.98. The molecule has 2 aromatic carbocycles. The Labute approximate surface area is 129 Å². The van der Waals surface area contributed by atoms with Gasteiger partial charge in [0.05, 0.1) is 23.3 Å². The fourth-order valence-electron chi connectivity index (χ4n) is 1.99. The summed E-state index contributed by atoms with van der Waals surface area (Å²) in [6.45, 7) is 4.78. The second kappa shape index (κ2) is 7.01. The molecule has 0 atom stereocenters. The van der Waals surface area contributed by atoms with Crippen LogP contribution in [0.5, 0.6) is 11.5 Å². The second-order valence-electron chi connectivity index (χ2n) is 4.61. The molecule has 0 aliphatic heterocycles. The van der Waals surface area contributed by atoms with Gasteiger partial charge in [-0.1, -0.05) is 41.4 Å². The first-order valence-corrected chi connectivity index (χ1v) is 7.06. The fraction of sp³-hybridized carbons (Fsp3) is 0.235. The van der Waals surface area contributed by atoms with Crippen LogP contribution in [0.4, 0.5) is 0 Å². The molecule has 0 spiro atoms. The van der Waals surface area contributed by atoms with E-state index in [4.69, 9.17) is 26.3 Å². The number of aryl methyl sites for hydroxylation is 1. The smallest absolute Gasteiger partial charge is 0.180 e. The van der Waals surface area contributed by atoms with Crippen LogP contribution in [-0.2, 0) is 6.61 Å². The van der Waals surface area contributed by atoms with Crippen LogP contribution in [0, 0.1) is 18.3 Å². The lowest BCUT2D eigenvalue weighted by Gasteiger charge is -2.14. The van der Waals surface area contributed by atoms with Crippen molar-refractivity contribution in [1.29, 1.82) is 5.26 Å². The average molecular weight is 302 g/mol. The van der Waals surface area contributed by atoms with E-state index in [1.165, 1.54) is 5.56 Å². The maximum Gasteiger partial charge on any atom is 0.180 e. The van der Waals surface area contributed by atoms with E-state index in [0.717, 1.165) is 5.56 Å². The number of rotatable bonds is 5. The minimum Gasteiger partial charge on any atom is -0.490 e. The summed E-state index contributed by atoms with van der Waals surface area (Å²) < 4.78 is 11.3. The molecule has 0 N–H and O–H groups in total. The van der Waals surface area contributed by atoms with Crippen molar-refractivity contribution >= 4 is 11.6 Å². The zero-order valence-electron chi connectivity index (χ0n) is 12.0. The number of benzene rings is 2. The molecule has 0 heterocycles. The van der Waals surface area contributed by atoms with Crippen LogP contribution in [0.25, 0.3) is 0 Å². The van der Waals surface area contributed by atoms with Gasteiger partial charge in [0, 0.05) is 6.07 Å². The molecular weight excluding hydrogens is 286 g/mol. The van der Waals surface area contributed by atoms with E-state index in [9.17, 15) is 0 Å². The number of ether oxygens (including phenoxy) is 2. The Kier molecular flexibility index (Phi) is 5.08.